The Morgan fingerprint density at radius 1 is 1.43 bits per heavy atom. The predicted molar refractivity (Wildman–Crippen MR) is 95.1 cm³/mol. The van der Waals surface area contributed by atoms with Gasteiger partial charge in [0.2, 0.25) is 0 Å². The molecule has 1 aliphatic heterocycles. The number of phenols is 1. The number of fused-ring (bicyclic) bond motifs is 1. The second kappa shape index (κ2) is 7.07. The number of phenolic OH excluding ortho intramolecular Hbond substituents is 1. The Hall–Kier alpha value is -1.97. The molecule has 0 spiro atoms. The summed E-state index contributed by atoms with van der Waals surface area (Å²) in [5, 5.41) is 15.3. The van der Waals surface area contributed by atoms with E-state index < -0.39 is 0 Å². The topological polar surface area (TPSA) is 49.5 Å². The van der Waals surface area contributed by atoms with E-state index in [1.54, 1.807) is 18.2 Å². The summed E-state index contributed by atoms with van der Waals surface area (Å²) in [6.45, 7) is 4.27. The molecule has 1 aliphatic rings. The fourth-order valence-electron chi connectivity index (χ4n) is 3.24. The van der Waals surface area contributed by atoms with Crippen LogP contribution >= 0.6 is 0 Å². The van der Waals surface area contributed by atoms with Gasteiger partial charge >= 0.3 is 0 Å². The molecule has 120 valence electrons. The van der Waals surface area contributed by atoms with Gasteiger partial charge in [-0.3, -0.25) is 0 Å². The first kappa shape index (κ1) is 15.9. The highest BCUT2D eigenvalue weighted by Crippen LogP contribution is 2.31. The molecule has 5 heteroatoms. The maximum atomic E-state index is 10.0. The molecule has 2 aromatic rings. The van der Waals surface area contributed by atoms with Crippen LogP contribution in [0.1, 0.15) is 37.4 Å². The number of rotatable bonds is 4. The van der Waals surface area contributed by atoms with Crippen LogP contribution in [0.3, 0.4) is 0 Å². The molecule has 1 aromatic carbocycles. The molecular weight excluding hydrogens is 287 g/mol. The summed E-state index contributed by atoms with van der Waals surface area (Å²) in [6.07, 6.45) is 8.15. The van der Waals surface area contributed by atoms with Gasteiger partial charge < -0.3 is 14.4 Å². The molecule has 1 N–H and O–H groups in total. The average molecular weight is 310 g/mol. The number of hydrogen-bond acceptors (Lipinski definition) is 4. The third-order valence-electron chi connectivity index (χ3n) is 4.75. The van der Waals surface area contributed by atoms with E-state index in [1.807, 2.05) is 13.0 Å². The van der Waals surface area contributed by atoms with Crippen LogP contribution in [0, 0.1) is 5.92 Å². The van der Waals surface area contributed by atoms with Crippen molar-refractivity contribution in [1.82, 2.24) is 9.97 Å². The van der Waals surface area contributed by atoms with Gasteiger partial charge in [-0.05, 0) is 75.9 Å². The largest absolute Gasteiger partial charge is 0.507 e. The maximum Gasteiger partial charge on any atom is 0.185 e. The van der Waals surface area contributed by atoms with Crippen molar-refractivity contribution < 1.29 is 9.63 Å². The first-order valence-electron chi connectivity index (χ1n) is 8.35. The summed E-state index contributed by atoms with van der Waals surface area (Å²) >= 11 is 0. The van der Waals surface area contributed by atoms with Crippen molar-refractivity contribution in [3.05, 3.63) is 35.2 Å². The summed E-state index contributed by atoms with van der Waals surface area (Å²) in [7, 11) is 2.19. The zero-order chi connectivity index (χ0) is 16.2. The minimum absolute atomic E-state index is 0.199. The summed E-state index contributed by atoms with van der Waals surface area (Å²) in [5.41, 5.74) is 5.29. The van der Waals surface area contributed by atoms with Crippen molar-refractivity contribution in [2.24, 2.45) is 5.92 Å². The molecule has 0 saturated carbocycles. The van der Waals surface area contributed by atoms with Crippen LogP contribution in [-0.4, -0.2) is 36.1 Å². The van der Waals surface area contributed by atoms with Gasteiger partial charge in [-0.15, -0.1) is 5.73 Å². The number of nitrogens with zero attached hydrogens (tertiary/aromatic N) is 2. The maximum absolute atomic E-state index is 10.0. The van der Waals surface area contributed by atoms with E-state index in [0.717, 1.165) is 29.8 Å². The fraction of sp³-hybridized carbons (Fsp3) is 0.444. The lowest BCUT2D eigenvalue weighted by atomic mass is 9.90. The first-order chi connectivity index (χ1) is 11.2. The highest BCUT2D eigenvalue weighted by Gasteiger charge is 2.19. The highest BCUT2D eigenvalue weighted by atomic mass is 16.5. The number of piperidine rings is 1. The molecule has 1 saturated heterocycles. The third kappa shape index (κ3) is 3.52. The highest BCUT2D eigenvalue weighted by molar-refractivity contribution is 6.04. The predicted octanol–water partition coefficient (Wildman–Crippen LogP) is 2.91. The van der Waals surface area contributed by atoms with Crippen LogP contribution in [0.15, 0.2) is 28.5 Å². The zero-order valence-electron chi connectivity index (χ0n) is 13.9. The van der Waals surface area contributed by atoms with Crippen LogP contribution in [0.5, 0.6) is 5.75 Å². The van der Waals surface area contributed by atoms with Crippen LogP contribution < -0.4 is 0 Å². The van der Waals surface area contributed by atoms with E-state index in [2.05, 4.69) is 23.7 Å². The van der Waals surface area contributed by atoms with Crippen LogP contribution in [0.4, 0.5) is 0 Å². The van der Waals surface area contributed by atoms with Crippen LogP contribution in [0.25, 0.3) is 17.0 Å². The van der Waals surface area contributed by atoms with Crippen molar-refractivity contribution in [1.29, 1.82) is 0 Å². The van der Waals surface area contributed by atoms with E-state index in [1.165, 1.54) is 25.9 Å². The molecule has 4 nitrogen and oxygen atoms in total. The fourth-order valence-corrected chi connectivity index (χ4v) is 3.24. The molecule has 0 amide bonds. The van der Waals surface area contributed by atoms with Gasteiger partial charge in [-0.1, -0.05) is 5.16 Å². The van der Waals surface area contributed by atoms with E-state index in [0.29, 0.717) is 11.1 Å². The minimum Gasteiger partial charge on any atom is -0.507 e. The Morgan fingerprint density at radius 3 is 2.96 bits per heavy atom. The molecule has 1 aromatic heterocycles. The van der Waals surface area contributed by atoms with Gasteiger partial charge in [0.25, 0.3) is 0 Å². The molecule has 0 radical (unpaired) electrons. The van der Waals surface area contributed by atoms with E-state index in [9.17, 15) is 5.11 Å². The molecular formula is C18H23BN2O2. The van der Waals surface area contributed by atoms with Crippen LogP contribution in [-0.2, 0) is 6.42 Å². The van der Waals surface area contributed by atoms with Gasteiger partial charge in [-0.2, -0.15) is 0 Å². The van der Waals surface area contributed by atoms with Crippen molar-refractivity contribution in [2.45, 2.75) is 32.6 Å². The standard InChI is InChI=1S/C18H23BN2O2/c1-2-3-4-15-17(22)8-6-14-16(20-23-18(14)15)7-5-13-9-11-21(19)12-10-13/h2,4,6,8,13,22H,5,7,9-12,19H2,1H3. The van der Waals surface area contributed by atoms with Gasteiger partial charge in [0.05, 0.1) is 11.3 Å². The summed E-state index contributed by atoms with van der Waals surface area (Å²) in [4.78, 5) is 2.39. The first-order valence-corrected chi connectivity index (χ1v) is 8.35. The lowest BCUT2D eigenvalue weighted by molar-refractivity contribution is 0.270. The molecule has 0 atom stereocenters. The number of aromatic nitrogens is 1. The Bertz CT molecular complexity index is 739. The Kier molecular flexibility index (Phi) is 4.89. The number of aryl methyl sites for hydroxylation is 1. The van der Waals surface area contributed by atoms with E-state index in [-0.39, 0.29) is 5.75 Å². The van der Waals surface area contributed by atoms with E-state index in [4.69, 9.17) is 4.52 Å². The number of hydrogen-bond donors (Lipinski definition) is 1. The number of allylic oxidation sites excluding steroid dienone is 1. The third-order valence-corrected chi connectivity index (χ3v) is 4.75. The molecule has 1 fully saturated rings. The van der Waals surface area contributed by atoms with E-state index >= 15 is 0 Å². The Morgan fingerprint density at radius 2 is 2.22 bits per heavy atom. The van der Waals surface area contributed by atoms with Crippen molar-refractivity contribution >= 4 is 25.0 Å². The van der Waals surface area contributed by atoms with Gasteiger partial charge in [0, 0.05) is 5.39 Å². The number of benzene rings is 1. The molecule has 2 heterocycles. The lowest BCUT2D eigenvalue weighted by Gasteiger charge is -2.29. The second-order valence-electron chi connectivity index (χ2n) is 6.39. The van der Waals surface area contributed by atoms with Crippen molar-refractivity contribution in [3.63, 3.8) is 0 Å². The minimum atomic E-state index is 0.199. The summed E-state index contributed by atoms with van der Waals surface area (Å²) in [6, 6.07) is 3.61. The number of aromatic hydroxyl groups is 1. The lowest BCUT2D eigenvalue weighted by Crippen LogP contribution is -2.31. The monoisotopic (exact) mass is 310 g/mol. The normalized spacial score (nSPS) is 16.4. The molecule has 0 unspecified atom stereocenters. The average Bonchev–Trinajstić information content (AvgIpc) is 2.97. The van der Waals surface area contributed by atoms with Crippen LogP contribution in [0.2, 0.25) is 0 Å². The van der Waals surface area contributed by atoms with Crippen molar-refractivity contribution in [3.8, 4) is 5.75 Å². The van der Waals surface area contributed by atoms with Gasteiger partial charge in [-0.25, -0.2) is 0 Å². The van der Waals surface area contributed by atoms with Crippen molar-refractivity contribution in [2.75, 3.05) is 13.1 Å². The summed E-state index contributed by atoms with van der Waals surface area (Å²) < 4.78 is 5.51. The molecule has 0 aliphatic carbocycles. The van der Waals surface area contributed by atoms with Gasteiger partial charge in [0.15, 0.2) is 13.6 Å². The second-order valence-corrected chi connectivity index (χ2v) is 6.39. The Labute approximate surface area is 137 Å². The summed E-state index contributed by atoms with van der Waals surface area (Å²) in [5.74, 6) is 0.974. The Balaban J connectivity index is 1.78. The molecule has 23 heavy (non-hydrogen) atoms. The SMILES string of the molecule is BN1CCC(CCc2noc3c(C=C=CC)c(O)ccc23)CC1. The van der Waals surface area contributed by atoms with Gasteiger partial charge in [0.1, 0.15) is 5.75 Å². The zero-order valence-corrected chi connectivity index (χ0v) is 13.9. The molecule has 0 bridgehead atoms. The smallest absolute Gasteiger partial charge is 0.185 e. The molecule has 3 rings (SSSR count). The quantitative estimate of drug-likeness (QED) is 0.697.